The Kier molecular flexibility index (Phi) is 4.33. The average molecular weight is 380 g/mol. The molecule has 0 unspecified atom stereocenters. The third-order valence-corrected chi connectivity index (χ3v) is 5.32. The Morgan fingerprint density at radius 3 is 2.89 bits per heavy atom. The molecule has 0 saturated heterocycles. The van der Waals surface area contributed by atoms with Crippen molar-refractivity contribution in [3.63, 3.8) is 0 Å². The van der Waals surface area contributed by atoms with E-state index in [4.69, 9.17) is 4.74 Å². The van der Waals surface area contributed by atoms with Gasteiger partial charge < -0.3 is 10.1 Å². The highest BCUT2D eigenvalue weighted by Gasteiger charge is 2.16. The average Bonchev–Trinajstić information content (AvgIpc) is 3.04. The maximum absolute atomic E-state index is 12.9. The van der Waals surface area contributed by atoms with Crippen LogP contribution in [0.3, 0.4) is 0 Å². The fraction of sp³-hybridized carbons (Fsp3) is 0.158. The molecule has 4 rings (SSSR count). The molecule has 1 amide bonds. The van der Waals surface area contributed by atoms with Crippen molar-refractivity contribution in [3.8, 4) is 5.75 Å². The minimum absolute atomic E-state index is 0.132. The maximum atomic E-state index is 12.9. The lowest BCUT2D eigenvalue weighted by Gasteiger charge is -2.12. The molecule has 0 aliphatic rings. The van der Waals surface area contributed by atoms with Crippen LogP contribution in [0, 0.1) is 6.92 Å². The largest absolute Gasteiger partial charge is 0.495 e. The minimum atomic E-state index is -0.329. The zero-order chi connectivity index (χ0) is 19.0. The summed E-state index contributed by atoms with van der Waals surface area (Å²) in [6.45, 7) is 1.59. The van der Waals surface area contributed by atoms with E-state index >= 15 is 0 Å². The van der Waals surface area contributed by atoms with Gasteiger partial charge in [-0.15, -0.1) is 11.3 Å². The van der Waals surface area contributed by atoms with E-state index in [2.05, 4.69) is 15.3 Å². The summed E-state index contributed by atoms with van der Waals surface area (Å²) in [5.41, 5.74) is 0.943. The summed E-state index contributed by atoms with van der Waals surface area (Å²) in [6.07, 6.45) is 1.68. The number of carbonyl (C=O) groups excluding carboxylic acids is 1. The van der Waals surface area contributed by atoms with E-state index in [1.54, 1.807) is 31.3 Å². The van der Waals surface area contributed by atoms with Crippen molar-refractivity contribution >= 4 is 43.4 Å². The Morgan fingerprint density at radius 1 is 1.26 bits per heavy atom. The van der Waals surface area contributed by atoms with Crippen molar-refractivity contribution in [2.24, 2.45) is 0 Å². The highest BCUT2D eigenvalue weighted by atomic mass is 32.1. The number of nitrogens with zero attached hydrogens (tertiary/aromatic N) is 3. The van der Waals surface area contributed by atoms with Gasteiger partial charge in [-0.2, -0.15) is 0 Å². The summed E-state index contributed by atoms with van der Waals surface area (Å²) in [6, 6.07) is 10.8. The number of methoxy groups -OCH3 is 1. The molecule has 0 aliphatic heterocycles. The summed E-state index contributed by atoms with van der Waals surface area (Å²) < 4.78 is 7.11. The van der Waals surface area contributed by atoms with Crippen molar-refractivity contribution in [3.05, 3.63) is 58.8 Å². The smallest absolute Gasteiger partial charge is 0.272 e. The number of rotatable bonds is 4. The maximum Gasteiger partial charge on any atom is 0.272 e. The molecule has 8 heteroatoms. The highest BCUT2D eigenvalue weighted by Crippen LogP contribution is 2.28. The molecule has 1 N–H and O–H groups in total. The van der Waals surface area contributed by atoms with Gasteiger partial charge in [-0.1, -0.05) is 12.1 Å². The molecule has 0 atom stereocenters. The van der Waals surface area contributed by atoms with E-state index in [1.165, 1.54) is 23.0 Å². The number of hydrogen-bond acceptors (Lipinski definition) is 6. The van der Waals surface area contributed by atoms with Crippen LogP contribution in [-0.2, 0) is 11.3 Å². The number of aromatic nitrogens is 3. The molecule has 0 fully saturated rings. The standard InChI is InChI=1S/C19H16N4O3S/c1-11-21-16-12-6-5-9-20-18(12)27-17(16)19(25)23(11)10-15(24)22-13-7-3-4-8-14(13)26-2/h3-9H,10H2,1-2H3,(H,22,24). The van der Waals surface area contributed by atoms with Crippen LogP contribution in [0.1, 0.15) is 5.82 Å². The van der Waals surface area contributed by atoms with Gasteiger partial charge in [-0.25, -0.2) is 9.97 Å². The number of aryl methyl sites for hydroxylation is 1. The molecule has 0 bridgehead atoms. The van der Waals surface area contributed by atoms with Crippen molar-refractivity contribution in [1.29, 1.82) is 0 Å². The van der Waals surface area contributed by atoms with Gasteiger partial charge in [-0.3, -0.25) is 14.2 Å². The highest BCUT2D eigenvalue weighted by molar-refractivity contribution is 7.25. The lowest BCUT2D eigenvalue weighted by atomic mass is 10.3. The van der Waals surface area contributed by atoms with Gasteiger partial charge in [0.15, 0.2) is 0 Å². The molecule has 3 heterocycles. The molecule has 7 nitrogen and oxygen atoms in total. The van der Waals surface area contributed by atoms with Gasteiger partial charge in [0.2, 0.25) is 5.91 Å². The molecule has 1 aromatic carbocycles. The first kappa shape index (κ1) is 17.2. The van der Waals surface area contributed by atoms with Crippen LogP contribution >= 0.6 is 11.3 Å². The van der Waals surface area contributed by atoms with E-state index in [9.17, 15) is 9.59 Å². The lowest BCUT2D eigenvalue weighted by molar-refractivity contribution is -0.116. The molecular weight excluding hydrogens is 364 g/mol. The van der Waals surface area contributed by atoms with E-state index in [-0.39, 0.29) is 18.0 Å². The number of para-hydroxylation sites is 2. The second-order valence-electron chi connectivity index (χ2n) is 5.93. The first-order valence-electron chi connectivity index (χ1n) is 8.26. The van der Waals surface area contributed by atoms with Gasteiger partial charge in [0.05, 0.1) is 18.3 Å². The van der Waals surface area contributed by atoms with Crippen LogP contribution in [0.5, 0.6) is 5.75 Å². The lowest BCUT2D eigenvalue weighted by Crippen LogP contribution is -2.29. The van der Waals surface area contributed by atoms with Crippen LogP contribution in [0.25, 0.3) is 20.4 Å². The predicted octanol–water partition coefficient (Wildman–Crippen LogP) is 2.96. The number of pyridine rings is 1. The number of carbonyl (C=O) groups is 1. The summed E-state index contributed by atoms with van der Waals surface area (Å²) >= 11 is 1.29. The second-order valence-corrected chi connectivity index (χ2v) is 6.93. The Labute approximate surface area is 158 Å². The Hall–Kier alpha value is -3.26. The summed E-state index contributed by atoms with van der Waals surface area (Å²) in [4.78, 5) is 35.0. The SMILES string of the molecule is COc1ccccc1NC(=O)Cn1c(C)nc2c(sc3ncccc32)c1=O. The topological polar surface area (TPSA) is 86.1 Å². The molecule has 0 saturated carbocycles. The van der Waals surface area contributed by atoms with E-state index < -0.39 is 0 Å². The third-order valence-electron chi connectivity index (χ3n) is 4.23. The number of nitrogens with one attached hydrogen (secondary N) is 1. The second kappa shape index (κ2) is 6.81. The first-order valence-corrected chi connectivity index (χ1v) is 9.07. The zero-order valence-electron chi connectivity index (χ0n) is 14.7. The van der Waals surface area contributed by atoms with Gasteiger partial charge >= 0.3 is 0 Å². The molecule has 4 aromatic rings. The van der Waals surface area contributed by atoms with E-state index in [0.717, 1.165) is 10.2 Å². The van der Waals surface area contributed by atoms with Crippen LogP contribution in [0.15, 0.2) is 47.4 Å². The van der Waals surface area contributed by atoms with Gasteiger partial charge in [0.1, 0.15) is 27.6 Å². The predicted molar refractivity (Wildman–Crippen MR) is 106 cm³/mol. The van der Waals surface area contributed by atoms with Crippen molar-refractivity contribution < 1.29 is 9.53 Å². The van der Waals surface area contributed by atoms with E-state index in [1.807, 2.05) is 18.2 Å². The van der Waals surface area contributed by atoms with Crippen LogP contribution in [0.2, 0.25) is 0 Å². The number of fused-ring (bicyclic) bond motifs is 3. The first-order chi connectivity index (χ1) is 13.1. The summed E-state index contributed by atoms with van der Waals surface area (Å²) in [5.74, 6) is 0.704. The monoisotopic (exact) mass is 380 g/mol. The van der Waals surface area contributed by atoms with Crippen molar-refractivity contribution in [2.45, 2.75) is 13.5 Å². The van der Waals surface area contributed by atoms with Gasteiger partial charge in [0, 0.05) is 11.6 Å². The normalized spacial score (nSPS) is 11.0. The quantitative estimate of drug-likeness (QED) is 0.588. The molecule has 0 spiro atoms. The van der Waals surface area contributed by atoms with Crippen LogP contribution in [0.4, 0.5) is 5.69 Å². The molecule has 0 radical (unpaired) electrons. The molecule has 136 valence electrons. The molecule has 0 aliphatic carbocycles. The van der Waals surface area contributed by atoms with Crippen molar-refractivity contribution in [1.82, 2.24) is 14.5 Å². The number of anilines is 1. The fourth-order valence-electron chi connectivity index (χ4n) is 2.93. The number of amides is 1. The Morgan fingerprint density at radius 2 is 2.07 bits per heavy atom. The minimum Gasteiger partial charge on any atom is -0.495 e. The fourth-order valence-corrected chi connectivity index (χ4v) is 3.97. The molecular formula is C19H16N4O3S. The van der Waals surface area contributed by atoms with Crippen LogP contribution < -0.4 is 15.6 Å². The number of ether oxygens (including phenoxy) is 1. The Balaban J connectivity index is 1.70. The number of thiophene rings is 1. The Bertz CT molecular complexity index is 1230. The van der Waals surface area contributed by atoms with Crippen LogP contribution in [-0.4, -0.2) is 27.6 Å². The number of benzene rings is 1. The molecule has 3 aromatic heterocycles. The van der Waals surface area contributed by atoms with E-state index in [0.29, 0.717) is 27.5 Å². The summed E-state index contributed by atoms with van der Waals surface area (Å²) in [5, 5.41) is 3.63. The summed E-state index contributed by atoms with van der Waals surface area (Å²) in [7, 11) is 1.53. The zero-order valence-corrected chi connectivity index (χ0v) is 15.5. The van der Waals surface area contributed by atoms with Gasteiger partial charge in [-0.05, 0) is 31.2 Å². The number of hydrogen-bond donors (Lipinski definition) is 1. The third kappa shape index (κ3) is 3.04. The van der Waals surface area contributed by atoms with Crippen molar-refractivity contribution in [2.75, 3.05) is 12.4 Å². The molecule has 27 heavy (non-hydrogen) atoms. The van der Waals surface area contributed by atoms with Gasteiger partial charge in [0.25, 0.3) is 5.56 Å².